The van der Waals surface area contributed by atoms with E-state index in [1.807, 2.05) is 19.1 Å². The summed E-state index contributed by atoms with van der Waals surface area (Å²) in [4.78, 5) is 11.8. The average Bonchev–Trinajstić information content (AvgIpc) is 2.96. The number of esters is 1. The van der Waals surface area contributed by atoms with Crippen LogP contribution in [-0.4, -0.2) is 41.3 Å². The summed E-state index contributed by atoms with van der Waals surface area (Å²) in [6, 6.07) is 0. The largest absolute Gasteiger partial charge is 0.422 e. The van der Waals surface area contributed by atoms with Crippen LogP contribution < -0.4 is 0 Å². The van der Waals surface area contributed by atoms with Crippen LogP contribution in [0.2, 0.25) is 0 Å². The molecule has 2 aliphatic carbocycles. The van der Waals surface area contributed by atoms with Crippen molar-refractivity contribution < 1.29 is 24.1 Å². The van der Waals surface area contributed by atoms with Crippen LogP contribution in [0.25, 0.3) is 0 Å². The standard InChI is InChI=1S/C26H40O5/c1-17-16-21(28)30-26(17,29-7)15-14-23(4)11-8-19-24(5)12-10-20(27)22(2,3)18(24)9-13-25(19,6)31-23/h14-16,18-20,27H,8-13H2,1-7H3/b15-14+/t18-,19+,20+,23+,24-,25+,26?/m0/s1. The number of hydrogen-bond donors (Lipinski definition) is 1. The van der Waals surface area contributed by atoms with Crippen molar-refractivity contribution in [3.05, 3.63) is 23.8 Å². The Morgan fingerprint density at radius 3 is 2.32 bits per heavy atom. The van der Waals surface area contributed by atoms with Gasteiger partial charge in [-0.05, 0) is 88.0 Å². The zero-order valence-electron chi connectivity index (χ0n) is 20.3. The minimum absolute atomic E-state index is 0.0595. The first kappa shape index (κ1) is 23.0. The molecule has 4 aliphatic rings. The number of aliphatic hydroxyl groups excluding tert-OH is 1. The van der Waals surface area contributed by atoms with Crippen molar-refractivity contribution in [1.29, 1.82) is 0 Å². The number of hydrogen-bond acceptors (Lipinski definition) is 5. The van der Waals surface area contributed by atoms with Gasteiger partial charge in [-0.2, -0.15) is 0 Å². The Morgan fingerprint density at radius 1 is 1.03 bits per heavy atom. The number of fused-ring (bicyclic) bond motifs is 3. The van der Waals surface area contributed by atoms with Crippen molar-refractivity contribution in [3.63, 3.8) is 0 Å². The fraction of sp³-hybridized carbons (Fsp3) is 0.808. The summed E-state index contributed by atoms with van der Waals surface area (Å²) in [6.45, 7) is 13.2. The molecule has 0 aromatic carbocycles. The van der Waals surface area contributed by atoms with Crippen LogP contribution in [0.1, 0.15) is 80.1 Å². The van der Waals surface area contributed by atoms with Gasteiger partial charge in [0.15, 0.2) is 0 Å². The van der Waals surface area contributed by atoms with E-state index in [2.05, 4.69) is 34.6 Å². The quantitative estimate of drug-likeness (QED) is 0.506. The molecule has 4 rings (SSSR count). The van der Waals surface area contributed by atoms with Crippen LogP contribution >= 0.6 is 0 Å². The first-order chi connectivity index (χ1) is 14.3. The molecule has 0 amide bonds. The Kier molecular flexibility index (Phi) is 5.32. The van der Waals surface area contributed by atoms with Gasteiger partial charge >= 0.3 is 5.97 Å². The highest BCUT2D eigenvalue weighted by Gasteiger charge is 2.63. The van der Waals surface area contributed by atoms with E-state index < -0.39 is 11.4 Å². The fourth-order valence-electron chi connectivity index (χ4n) is 7.65. The molecule has 0 spiro atoms. The molecule has 3 fully saturated rings. The van der Waals surface area contributed by atoms with Crippen LogP contribution in [0.3, 0.4) is 0 Å². The predicted molar refractivity (Wildman–Crippen MR) is 119 cm³/mol. The molecule has 2 heterocycles. The van der Waals surface area contributed by atoms with Crippen LogP contribution in [0, 0.1) is 22.7 Å². The van der Waals surface area contributed by atoms with E-state index in [1.165, 1.54) is 6.08 Å². The highest BCUT2D eigenvalue weighted by Crippen LogP contribution is 2.65. The van der Waals surface area contributed by atoms with Gasteiger partial charge in [-0.1, -0.05) is 26.8 Å². The molecule has 174 valence electrons. The maximum Gasteiger partial charge on any atom is 0.333 e. The van der Waals surface area contributed by atoms with Crippen molar-refractivity contribution in [3.8, 4) is 0 Å². The fourth-order valence-corrected chi connectivity index (χ4v) is 7.65. The van der Waals surface area contributed by atoms with Crippen LogP contribution in [0.5, 0.6) is 0 Å². The Labute approximate surface area is 187 Å². The van der Waals surface area contributed by atoms with E-state index in [-0.39, 0.29) is 28.5 Å². The lowest BCUT2D eigenvalue weighted by atomic mass is 9.44. The second kappa shape index (κ2) is 7.16. The third-order valence-electron chi connectivity index (χ3n) is 9.46. The Hall–Kier alpha value is -1.17. The number of carbonyl (C=O) groups excluding carboxylic acids is 1. The Bertz CT molecular complexity index is 815. The smallest absolute Gasteiger partial charge is 0.333 e. The third-order valence-corrected chi connectivity index (χ3v) is 9.46. The Morgan fingerprint density at radius 2 is 1.71 bits per heavy atom. The molecule has 2 aliphatic heterocycles. The van der Waals surface area contributed by atoms with Crippen molar-refractivity contribution in [1.82, 2.24) is 0 Å². The number of carbonyl (C=O) groups is 1. The van der Waals surface area contributed by atoms with E-state index in [0.29, 0.717) is 11.8 Å². The molecule has 0 bridgehead atoms. The third kappa shape index (κ3) is 3.43. The molecule has 5 nitrogen and oxygen atoms in total. The molecule has 0 radical (unpaired) electrons. The molecule has 0 aromatic rings. The number of cyclic esters (lactones) is 1. The molecule has 7 atom stereocenters. The van der Waals surface area contributed by atoms with Crippen molar-refractivity contribution in [2.24, 2.45) is 22.7 Å². The average molecular weight is 433 g/mol. The zero-order chi connectivity index (χ0) is 22.9. The van der Waals surface area contributed by atoms with Crippen molar-refractivity contribution in [2.45, 2.75) is 103 Å². The van der Waals surface area contributed by atoms with E-state index in [1.54, 1.807) is 7.11 Å². The van der Waals surface area contributed by atoms with Gasteiger partial charge in [0, 0.05) is 18.8 Å². The van der Waals surface area contributed by atoms with Gasteiger partial charge in [-0.15, -0.1) is 0 Å². The highest BCUT2D eigenvalue weighted by molar-refractivity contribution is 5.86. The summed E-state index contributed by atoms with van der Waals surface area (Å²) in [7, 11) is 1.56. The van der Waals surface area contributed by atoms with Gasteiger partial charge in [0.05, 0.1) is 17.3 Å². The summed E-state index contributed by atoms with van der Waals surface area (Å²) in [5.41, 5.74) is 0.207. The normalized spacial score (nSPS) is 49.4. The Balaban J connectivity index is 1.58. The summed E-state index contributed by atoms with van der Waals surface area (Å²) in [6.07, 6.45) is 11.2. The predicted octanol–water partition coefficient (Wildman–Crippen LogP) is 4.93. The molecular formula is C26H40O5. The van der Waals surface area contributed by atoms with E-state index in [4.69, 9.17) is 14.2 Å². The molecule has 31 heavy (non-hydrogen) atoms. The van der Waals surface area contributed by atoms with Gasteiger partial charge < -0.3 is 19.3 Å². The minimum Gasteiger partial charge on any atom is -0.422 e. The maximum absolute atomic E-state index is 11.8. The highest BCUT2D eigenvalue weighted by atomic mass is 16.7. The second-order valence-corrected chi connectivity index (χ2v) is 11.7. The summed E-state index contributed by atoms with van der Waals surface area (Å²) in [5, 5.41) is 10.7. The number of rotatable bonds is 3. The SMILES string of the molecule is COC1(/C=C/[C@@]2(C)CC[C@@H]3[C@@]4(C)CC[C@@H](O)C(C)(C)[C@@H]4CC[C@@]3(C)O2)OC(=O)C=C1C. The van der Waals surface area contributed by atoms with Gasteiger partial charge in [0.2, 0.25) is 0 Å². The van der Waals surface area contributed by atoms with Gasteiger partial charge in [-0.25, -0.2) is 4.79 Å². The van der Waals surface area contributed by atoms with Crippen LogP contribution in [0.4, 0.5) is 0 Å². The number of ether oxygens (including phenoxy) is 3. The lowest BCUT2D eigenvalue weighted by Crippen LogP contribution is -2.64. The molecule has 0 aromatic heterocycles. The van der Waals surface area contributed by atoms with Crippen LogP contribution in [-0.2, 0) is 19.0 Å². The zero-order valence-corrected chi connectivity index (χ0v) is 20.3. The molecular weight excluding hydrogens is 392 g/mol. The van der Waals surface area contributed by atoms with E-state index in [0.717, 1.165) is 44.1 Å². The second-order valence-electron chi connectivity index (χ2n) is 11.7. The number of methoxy groups -OCH3 is 1. The molecule has 1 unspecified atom stereocenters. The molecule has 1 saturated heterocycles. The van der Waals surface area contributed by atoms with Gasteiger partial charge in [-0.3, -0.25) is 0 Å². The first-order valence-electron chi connectivity index (χ1n) is 11.9. The first-order valence-corrected chi connectivity index (χ1v) is 11.9. The summed E-state index contributed by atoms with van der Waals surface area (Å²) >= 11 is 0. The van der Waals surface area contributed by atoms with E-state index in [9.17, 15) is 9.90 Å². The van der Waals surface area contributed by atoms with Crippen molar-refractivity contribution in [2.75, 3.05) is 7.11 Å². The lowest BCUT2D eigenvalue weighted by Gasteiger charge is -2.66. The summed E-state index contributed by atoms with van der Waals surface area (Å²) < 4.78 is 18.0. The molecule has 5 heteroatoms. The van der Waals surface area contributed by atoms with Gasteiger partial charge in [0.1, 0.15) is 0 Å². The van der Waals surface area contributed by atoms with Crippen molar-refractivity contribution >= 4 is 5.97 Å². The maximum atomic E-state index is 11.8. The molecule has 2 saturated carbocycles. The number of aliphatic hydroxyl groups is 1. The monoisotopic (exact) mass is 432 g/mol. The lowest BCUT2D eigenvalue weighted by molar-refractivity contribution is -0.262. The molecule has 1 N–H and O–H groups in total. The summed E-state index contributed by atoms with van der Waals surface area (Å²) in [5.74, 6) is -0.532. The van der Waals surface area contributed by atoms with Gasteiger partial charge in [0.25, 0.3) is 5.79 Å². The topological polar surface area (TPSA) is 65.0 Å². The minimum atomic E-state index is -1.13. The van der Waals surface area contributed by atoms with E-state index >= 15 is 0 Å². The van der Waals surface area contributed by atoms with Crippen LogP contribution in [0.15, 0.2) is 23.8 Å².